The molecular weight excluding hydrogens is 427 g/mol. The van der Waals surface area contributed by atoms with Crippen molar-refractivity contribution in [1.82, 2.24) is 0 Å². The van der Waals surface area contributed by atoms with Crippen molar-refractivity contribution < 1.29 is 0 Å². The fourth-order valence-electron chi connectivity index (χ4n) is 2.42. The number of rotatable bonds is 6. The van der Waals surface area contributed by atoms with Crippen molar-refractivity contribution in [2.24, 2.45) is 0 Å². The van der Waals surface area contributed by atoms with E-state index >= 15 is 0 Å². The minimum absolute atomic E-state index is 1.18. The second-order valence-electron chi connectivity index (χ2n) is 8.23. The third kappa shape index (κ3) is 4.49. The van der Waals surface area contributed by atoms with Gasteiger partial charge in [0.15, 0.2) is 0 Å². The van der Waals surface area contributed by atoms with E-state index in [2.05, 4.69) is 82.3 Å². The van der Waals surface area contributed by atoms with E-state index in [0.717, 1.165) is 0 Å². The molecule has 0 unspecified atom stereocenters. The van der Waals surface area contributed by atoms with Gasteiger partial charge < -0.3 is 0 Å². The summed E-state index contributed by atoms with van der Waals surface area (Å²) in [6, 6.07) is 7.36. The van der Waals surface area contributed by atoms with Crippen LogP contribution in [-0.2, 0) is 6.42 Å². The molecule has 2 rings (SSSR count). The van der Waals surface area contributed by atoms with Gasteiger partial charge in [0, 0.05) is 0 Å². The SMILES string of the molecule is CCCCc1c[c]([Sn]([CH3])([CH3])[CH3])sc1-c1ccc([Si](C)(C)C)s1. The number of thiophene rings is 2. The van der Waals surface area contributed by atoms with Gasteiger partial charge in [-0.3, -0.25) is 0 Å². The standard InChI is InChI=1S/C15H21S2Si.3CH3.Sn/c1-5-6-7-12-10-11-16-15(12)13-8-9-14(17-13)18(2,3)4;;;;/h8-10H,5-7H2,1-4H3;3*1H3;. The Bertz CT molecular complexity index is 626. The third-order valence-electron chi connectivity index (χ3n) is 3.92. The maximum atomic E-state index is 2.57. The molecule has 2 aromatic rings. The van der Waals surface area contributed by atoms with Gasteiger partial charge in [-0.05, 0) is 0 Å². The first-order chi connectivity index (χ1) is 10.1. The van der Waals surface area contributed by atoms with Crippen LogP contribution in [-0.4, -0.2) is 26.5 Å². The van der Waals surface area contributed by atoms with Crippen molar-refractivity contribution in [3.05, 3.63) is 23.8 Å². The van der Waals surface area contributed by atoms with Crippen LogP contribution in [0, 0.1) is 0 Å². The number of unbranched alkanes of at least 4 members (excludes halogenated alkanes) is 1. The Morgan fingerprint density at radius 3 is 2.23 bits per heavy atom. The van der Waals surface area contributed by atoms with Crippen LogP contribution in [0.1, 0.15) is 25.3 Å². The van der Waals surface area contributed by atoms with Crippen molar-refractivity contribution in [3.63, 3.8) is 0 Å². The fourth-order valence-corrected chi connectivity index (χ4v) is 12.0. The first-order valence-electron chi connectivity index (χ1n) is 8.37. The van der Waals surface area contributed by atoms with Crippen LogP contribution in [0.25, 0.3) is 9.75 Å². The quantitative estimate of drug-likeness (QED) is 0.474. The summed E-state index contributed by atoms with van der Waals surface area (Å²) in [7, 11) is -1.18. The molecule has 0 radical (unpaired) electrons. The van der Waals surface area contributed by atoms with Crippen molar-refractivity contribution in [2.75, 3.05) is 0 Å². The Morgan fingerprint density at radius 2 is 1.73 bits per heavy atom. The van der Waals surface area contributed by atoms with Gasteiger partial charge >= 0.3 is 151 Å². The van der Waals surface area contributed by atoms with Gasteiger partial charge in [-0.2, -0.15) is 0 Å². The molecule has 0 fully saturated rings. The predicted octanol–water partition coefficient (Wildman–Crippen LogP) is 5.91. The summed E-state index contributed by atoms with van der Waals surface area (Å²) in [5.74, 6) is 0. The van der Waals surface area contributed by atoms with E-state index in [9.17, 15) is 0 Å². The molecule has 22 heavy (non-hydrogen) atoms. The molecule has 0 bridgehead atoms. The van der Waals surface area contributed by atoms with Crippen LogP contribution >= 0.6 is 22.7 Å². The Kier molecular flexibility index (Phi) is 6.07. The molecule has 0 aliphatic rings. The van der Waals surface area contributed by atoms with Crippen LogP contribution in [0.2, 0.25) is 34.5 Å². The zero-order valence-corrected chi connectivity index (χ0v) is 20.7. The zero-order valence-electron chi connectivity index (χ0n) is 15.2. The molecular formula is C18H30S2SiSn. The van der Waals surface area contributed by atoms with Crippen LogP contribution in [0.3, 0.4) is 0 Å². The Hall–Kier alpha value is 0.416. The van der Waals surface area contributed by atoms with E-state index in [1.165, 1.54) is 24.1 Å². The van der Waals surface area contributed by atoms with Gasteiger partial charge in [-0.1, -0.05) is 0 Å². The number of aryl methyl sites for hydroxylation is 1. The summed E-state index contributed by atoms with van der Waals surface area (Å²) in [6.45, 7) is 9.65. The monoisotopic (exact) mass is 458 g/mol. The Balaban J connectivity index is 2.44. The first-order valence-corrected chi connectivity index (χ1v) is 23.5. The van der Waals surface area contributed by atoms with Gasteiger partial charge in [-0.15, -0.1) is 0 Å². The molecule has 0 aliphatic carbocycles. The van der Waals surface area contributed by atoms with Gasteiger partial charge in [0.25, 0.3) is 0 Å². The van der Waals surface area contributed by atoms with Gasteiger partial charge in [0.1, 0.15) is 0 Å². The maximum absolute atomic E-state index is 2.57. The summed E-state index contributed by atoms with van der Waals surface area (Å²) >= 11 is 2.21. The van der Waals surface area contributed by atoms with Crippen LogP contribution in [0.5, 0.6) is 0 Å². The third-order valence-corrected chi connectivity index (χ3v) is 19.4. The van der Waals surface area contributed by atoms with Gasteiger partial charge in [0.2, 0.25) is 0 Å². The van der Waals surface area contributed by atoms with Gasteiger partial charge in [-0.25, -0.2) is 0 Å². The molecule has 2 aromatic heterocycles. The molecule has 4 heteroatoms. The molecule has 0 saturated carbocycles. The molecule has 0 saturated heterocycles. The van der Waals surface area contributed by atoms with Crippen LogP contribution < -0.4 is 7.39 Å². The first kappa shape index (κ1) is 18.7. The normalized spacial score (nSPS) is 12.9. The van der Waals surface area contributed by atoms with Gasteiger partial charge in [0.05, 0.1) is 0 Å². The molecule has 2 heterocycles. The molecule has 0 aromatic carbocycles. The topological polar surface area (TPSA) is 0 Å². The molecule has 0 N–H and O–H groups in total. The molecule has 0 nitrogen and oxygen atoms in total. The van der Waals surface area contributed by atoms with Crippen molar-refractivity contribution in [1.29, 1.82) is 0 Å². The second kappa shape index (κ2) is 7.12. The summed E-state index contributed by atoms with van der Waals surface area (Å²) in [5.41, 5.74) is 1.62. The minimum atomic E-state index is -1.96. The van der Waals surface area contributed by atoms with Crippen molar-refractivity contribution >= 4 is 56.5 Å². The summed E-state index contributed by atoms with van der Waals surface area (Å²) in [5, 5.41) is 0. The molecule has 0 aliphatic heterocycles. The zero-order chi connectivity index (χ0) is 16.5. The summed E-state index contributed by atoms with van der Waals surface area (Å²) < 4.78 is 3.37. The van der Waals surface area contributed by atoms with Crippen molar-refractivity contribution in [2.45, 2.75) is 60.6 Å². The predicted molar refractivity (Wildman–Crippen MR) is 112 cm³/mol. The molecule has 0 atom stereocenters. The average molecular weight is 457 g/mol. The van der Waals surface area contributed by atoms with Crippen molar-refractivity contribution in [3.8, 4) is 9.75 Å². The van der Waals surface area contributed by atoms with E-state index in [-0.39, 0.29) is 0 Å². The number of hydrogen-bond donors (Lipinski definition) is 0. The Morgan fingerprint density at radius 1 is 1.05 bits per heavy atom. The van der Waals surface area contributed by atoms with E-state index < -0.39 is 26.5 Å². The fraction of sp³-hybridized carbons (Fsp3) is 0.556. The van der Waals surface area contributed by atoms with Crippen LogP contribution in [0.4, 0.5) is 0 Å². The van der Waals surface area contributed by atoms with E-state index in [4.69, 9.17) is 0 Å². The second-order valence-corrected chi connectivity index (χ2v) is 31.2. The van der Waals surface area contributed by atoms with Crippen LogP contribution in [0.15, 0.2) is 18.2 Å². The molecule has 122 valence electrons. The molecule has 0 amide bonds. The van der Waals surface area contributed by atoms with E-state index in [0.29, 0.717) is 0 Å². The number of hydrogen-bond acceptors (Lipinski definition) is 2. The van der Waals surface area contributed by atoms with E-state index in [1.807, 2.05) is 0 Å². The summed E-state index contributed by atoms with van der Waals surface area (Å²) in [4.78, 5) is 10.7. The summed E-state index contributed by atoms with van der Waals surface area (Å²) in [6.07, 6.45) is 3.85. The molecule has 0 spiro atoms. The Labute approximate surface area is 149 Å². The van der Waals surface area contributed by atoms with E-state index in [1.54, 1.807) is 17.8 Å². The average Bonchev–Trinajstić information content (AvgIpc) is 3.01.